The van der Waals surface area contributed by atoms with Crippen LogP contribution in [0, 0.1) is 0 Å². The summed E-state index contributed by atoms with van der Waals surface area (Å²) in [5.74, 6) is -0.0944. The highest BCUT2D eigenvalue weighted by atomic mass is 16.3. The molecule has 0 spiro atoms. The zero-order chi connectivity index (χ0) is 31.0. The van der Waals surface area contributed by atoms with E-state index < -0.39 is 5.41 Å². The van der Waals surface area contributed by atoms with Gasteiger partial charge in [0.2, 0.25) is 0 Å². The predicted molar refractivity (Wildman–Crippen MR) is 178 cm³/mol. The standard InChI is InChI=1S/C39H28N2O4/c42-31-19-9-25(37(44)21-31)23-40-29-15-11-27(12-16-29)39(35-7-3-1-5-33(35)34-6-2-4-8-36(34)39)28-13-17-30(18-14-28)41-24-26-10-20-32(43)22-38(26)45/h1-24,42-45H. The van der Waals surface area contributed by atoms with E-state index in [2.05, 4.69) is 82.8 Å². The van der Waals surface area contributed by atoms with Crippen molar-refractivity contribution in [1.29, 1.82) is 0 Å². The lowest BCUT2D eigenvalue weighted by atomic mass is 9.67. The molecule has 6 aromatic rings. The normalized spacial score (nSPS) is 13.2. The summed E-state index contributed by atoms with van der Waals surface area (Å²) < 4.78 is 0. The van der Waals surface area contributed by atoms with Crippen molar-refractivity contribution in [3.05, 3.63) is 167 Å². The molecule has 4 N–H and O–H groups in total. The zero-order valence-electron chi connectivity index (χ0n) is 24.0. The molecule has 0 heterocycles. The molecule has 45 heavy (non-hydrogen) atoms. The molecule has 0 unspecified atom stereocenters. The van der Waals surface area contributed by atoms with Crippen LogP contribution in [0.15, 0.2) is 143 Å². The summed E-state index contributed by atoms with van der Waals surface area (Å²) in [7, 11) is 0. The minimum absolute atomic E-state index is 0.00657. The van der Waals surface area contributed by atoms with E-state index in [-0.39, 0.29) is 23.0 Å². The first kappa shape index (κ1) is 27.7. The van der Waals surface area contributed by atoms with Crippen molar-refractivity contribution in [2.75, 3.05) is 0 Å². The summed E-state index contributed by atoms with van der Waals surface area (Å²) in [6.07, 6.45) is 3.16. The van der Waals surface area contributed by atoms with E-state index in [1.54, 1.807) is 24.6 Å². The van der Waals surface area contributed by atoms with Crippen LogP contribution in [0.5, 0.6) is 23.0 Å². The summed E-state index contributed by atoms with van der Waals surface area (Å²) in [5, 5.41) is 39.5. The molecule has 1 aliphatic carbocycles. The van der Waals surface area contributed by atoms with E-state index in [9.17, 15) is 20.4 Å². The second-order valence-electron chi connectivity index (χ2n) is 10.9. The molecule has 7 rings (SSSR count). The lowest BCUT2D eigenvalue weighted by molar-refractivity contribution is 0.449. The van der Waals surface area contributed by atoms with E-state index in [0.29, 0.717) is 11.1 Å². The van der Waals surface area contributed by atoms with Crippen LogP contribution >= 0.6 is 0 Å². The van der Waals surface area contributed by atoms with E-state index in [1.165, 1.54) is 46.5 Å². The average Bonchev–Trinajstić information content (AvgIpc) is 3.36. The Bertz CT molecular complexity index is 1950. The van der Waals surface area contributed by atoms with Crippen LogP contribution in [-0.4, -0.2) is 32.9 Å². The predicted octanol–water partition coefficient (Wildman–Crippen LogP) is 8.37. The van der Waals surface area contributed by atoms with Crippen molar-refractivity contribution in [1.82, 2.24) is 0 Å². The van der Waals surface area contributed by atoms with Gasteiger partial charge in [-0.1, -0.05) is 72.8 Å². The number of fused-ring (bicyclic) bond motifs is 3. The van der Waals surface area contributed by atoms with Gasteiger partial charge in [0, 0.05) is 35.7 Å². The first-order valence-electron chi connectivity index (χ1n) is 14.5. The maximum Gasteiger partial charge on any atom is 0.128 e. The highest BCUT2D eigenvalue weighted by Crippen LogP contribution is 2.56. The van der Waals surface area contributed by atoms with Gasteiger partial charge in [0.15, 0.2) is 0 Å². The molecule has 0 aliphatic heterocycles. The molecule has 0 saturated heterocycles. The van der Waals surface area contributed by atoms with Gasteiger partial charge in [-0.25, -0.2) is 0 Å². The van der Waals surface area contributed by atoms with Crippen LogP contribution in [0.25, 0.3) is 11.1 Å². The topological polar surface area (TPSA) is 106 Å². The van der Waals surface area contributed by atoms with Crippen molar-refractivity contribution >= 4 is 23.8 Å². The number of nitrogens with zero attached hydrogens (tertiary/aromatic N) is 2. The van der Waals surface area contributed by atoms with Crippen LogP contribution in [0.1, 0.15) is 33.4 Å². The molecule has 1 aliphatic rings. The van der Waals surface area contributed by atoms with E-state index >= 15 is 0 Å². The molecule has 6 aromatic carbocycles. The fourth-order valence-electron chi connectivity index (χ4n) is 6.19. The van der Waals surface area contributed by atoms with E-state index in [0.717, 1.165) is 22.5 Å². The van der Waals surface area contributed by atoms with Gasteiger partial charge in [-0.05, 0) is 81.9 Å². The maximum absolute atomic E-state index is 10.2. The molecule has 0 fully saturated rings. The minimum Gasteiger partial charge on any atom is -0.508 e. The molecular weight excluding hydrogens is 560 g/mol. The van der Waals surface area contributed by atoms with Crippen molar-refractivity contribution in [3.8, 4) is 34.1 Å². The average molecular weight is 589 g/mol. The molecule has 6 heteroatoms. The Morgan fingerprint density at radius 2 is 0.844 bits per heavy atom. The second-order valence-corrected chi connectivity index (χ2v) is 10.9. The summed E-state index contributed by atoms with van der Waals surface area (Å²) in [5.41, 5.74) is 8.77. The summed E-state index contributed by atoms with van der Waals surface area (Å²) in [6.45, 7) is 0. The fourth-order valence-corrected chi connectivity index (χ4v) is 6.19. The number of phenols is 4. The number of aliphatic imine (C=N–C) groups is 2. The van der Waals surface area contributed by atoms with Gasteiger partial charge in [0.05, 0.1) is 16.8 Å². The lowest BCUT2D eigenvalue weighted by Gasteiger charge is -2.34. The Labute approximate surface area is 260 Å². The van der Waals surface area contributed by atoms with Gasteiger partial charge < -0.3 is 20.4 Å². The van der Waals surface area contributed by atoms with Gasteiger partial charge in [-0.2, -0.15) is 0 Å². The van der Waals surface area contributed by atoms with Crippen molar-refractivity contribution in [2.45, 2.75) is 5.41 Å². The van der Waals surface area contributed by atoms with E-state index in [4.69, 9.17) is 0 Å². The van der Waals surface area contributed by atoms with Crippen LogP contribution in [0.3, 0.4) is 0 Å². The number of phenolic OH excluding ortho intramolecular Hbond substituents is 4. The fraction of sp³-hybridized carbons (Fsp3) is 0.0256. The van der Waals surface area contributed by atoms with Crippen molar-refractivity contribution < 1.29 is 20.4 Å². The Kier molecular flexibility index (Phi) is 6.87. The molecule has 0 bridgehead atoms. The summed E-state index contributed by atoms with van der Waals surface area (Å²) in [6, 6.07) is 42.1. The number of aromatic hydroxyl groups is 4. The largest absolute Gasteiger partial charge is 0.508 e. The number of benzene rings is 6. The molecule has 0 aromatic heterocycles. The van der Waals surface area contributed by atoms with E-state index in [1.807, 2.05) is 24.3 Å². The molecule has 6 nitrogen and oxygen atoms in total. The number of rotatable bonds is 6. The van der Waals surface area contributed by atoms with Crippen LogP contribution in [-0.2, 0) is 5.41 Å². The van der Waals surface area contributed by atoms with Crippen molar-refractivity contribution in [3.63, 3.8) is 0 Å². The third-order valence-electron chi connectivity index (χ3n) is 8.29. The van der Waals surface area contributed by atoms with Gasteiger partial charge in [-0.15, -0.1) is 0 Å². The zero-order valence-corrected chi connectivity index (χ0v) is 24.0. The highest BCUT2D eigenvalue weighted by molar-refractivity contribution is 5.88. The van der Waals surface area contributed by atoms with Crippen LogP contribution in [0.4, 0.5) is 11.4 Å². The molecule has 218 valence electrons. The Hall–Kier alpha value is -6.14. The molecule has 0 amide bonds. The first-order valence-corrected chi connectivity index (χ1v) is 14.5. The Morgan fingerprint density at radius 3 is 1.24 bits per heavy atom. The molecule has 0 saturated carbocycles. The molecular formula is C39H28N2O4. The smallest absolute Gasteiger partial charge is 0.128 e. The summed E-state index contributed by atoms with van der Waals surface area (Å²) >= 11 is 0. The highest BCUT2D eigenvalue weighted by Gasteiger charge is 2.45. The minimum atomic E-state index is -0.595. The summed E-state index contributed by atoms with van der Waals surface area (Å²) in [4.78, 5) is 9.15. The lowest BCUT2D eigenvalue weighted by Crippen LogP contribution is -2.28. The van der Waals surface area contributed by atoms with Gasteiger partial charge >= 0.3 is 0 Å². The van der Waals surface area contributed by atoms with Crippen LogP contribution in [0.2, 0.25) is 0 Å². The van der Waals surface area contributed by atoms with Crippen molar-refractivity contribution in [2.24, 2.45) is 9.98 Å². The monoisotopic (exact) mass is 588 g/mol. The second kappa shape index (κ2) is 11.2. The third kappa shape index (κ3) is 4.88. The van der Waals surface area contributed by atoms with Gasteiger partial charge in [0.25, 0.3) is 0 Å². The Balaban J connectivity index is 1.31. The first-order chi connectivity index (χ1) is 21.9. The van der Waals surface area contributed by atoms with Gasteiger partial charge in [0.1, 0.15) is 23.0 Å². The van der Waals surface area contributed by atoms with Gasteiger partial charge in [-0.3, -0.25) is 9.98 Å². The van der Waals surface area contributed by atoms with Crippen LogP contribution < -0.4 is 0 Å². The quantitative estimate of drug-likeness (QED) is 0.146. The number of hydrogen-bond acceptors (Lipinski definition) is 6. The molecule has 0 atom stereocenters. The molecule has 0 radical (unpaired) electrons. The SMILES string of the molecule is Oc1ccc(C=Nc2ccc(C3(c4ccc(N=Cc5ccc(O)cc5O)cc4)c4ccccc4-c4ccccc43)cc2)c(O)c1. The number of hydrogen-bond donors (Lipinski definition) is 4. The third-order valence-corrected chi connectivity index (χ3v) is 8.29. The maximum atomic E-state index is 10.2. The Morgan fingerprint density at radius 1 is 0.444 bits per heavy atom.